The van der Waals surface area contributed by atoms with Gasteiger partial charge in [0, 0.05) is 38.7 Å². The van der Waals surface area contributed by atoms with Crippen molar-refractivity contribution in [3.8, 4) is 0 Å². The molecular weight excluding hydrogens is 266 g/mol. The van der Waals surface area contributed by atoms with Crippen molar-refractivity contribution in [2.24, 2.45) is 0 Å². The summed E-state index contributed by atoms with van der Waals surface area (Å²) in [7, 11) is 1.64. The number of amides is 1. The molecular formula is C17H23NO3. The van der Waals surface area contributed by atoms with E-state index < -0.39 is 0 Å². The van der Waals surface area contributed by atoms with Crippen molar-refractivity contribution in [2.45, 2.75) is 38.5 Å². The molecule has 21 heavy (non-hydrogen) atoms. The first-order valence-corrected chi connectivity index (χ1v) is 7.61. The summed E-state index contributed by atoms with van der Waals surface area (Å²) in [4.78, 5) is 23.8. The number of carbonyl (C=O) groups excluding carboxylic acids is 2. The lowest BCUT2D eigenvalue weighted by atomic mass is 10.0. The molecule has 4 nitrogen and oxygen atoms in total. The van der Waals surface area contributed by atoms with Gasteiger partial charge in [0.15, 0.2) is 5.78 Å². The molecule has 0 saturated heterocycles. The van der Waals surface area contributed by atoms with Crippen molar-refractivity contribution in [1.29, 1.82) is 0 Å². The van der Waals surface area contributed by atoms with Gasteiger partial charge < -0.3 is 10.1 Å². The maximum atomic E-state index is 12.1. The maximum absolute atomic E-state index is 12.1. The number of hydrogen-bond acceptors (Lipinski definition) is 3. The van der Waals surface area contributed by atoms with Gasteiger partial charge in [-0.25, -0.2) is 0 Å². The van der Waals surface area contributed by atoms with Crippen LogP contribution in [-0.2, 0) is 22.4 Å². The Bertz CT molecular complexity index is 511. The van der Waals surface area contributed by atoms with Gasteiger partial charge in [-0.2, -0.15) is 0 Å². The predicted molar refractivity (Wildman–Crippen MR) is 81.5 cm³/mol. The van der Waals surface area contributed by atoms with E-state index in [4.69, 9.17) is 4.74 Å². The first-order valence-electron chi connectivity index (χ1n) is 7.61. The molecule has 1 amide bonds. The average Bonchev–Trinajstić information content (AvgIpc) is 2.96. The number of aryl methyl sites for hydroxylation is 2. The lowest BCUT2D eigenvalue weighted by Gasteiger charge is -2.06. The normalized spacial score (nSPS) is 13.0. The van der Waals surface area contributed by atoms with Gasteiger partial charge in [0.1, 0.15) is 0 Å². The Labute approximate surface area is 125 Å². The molecule has 1 aromatic rings. The number of nitrogens with one attached hydrogen (secondary N) is 1. The monoisotopic (exact) mass is 289 g/mol. The largest absolute Gasteiger partial charge is 0.385 e. The van der Waals surface area contributed by atoms with Crippen LogP contribution in [-0.4, -0.2) is 32.0 Å². The fourth-order valence-electron chi connectivity index (χ4n) is 2.65. The summed E-state index contributed by atoms with van der Waals surface area (Å²) >= 11 is 0. The van der Waals surface area contributed by atoms with E-state index in [0.717, 1.165) is 24.8 Å². The number of ketones is 1. The van der Waals surface area contributed by atoms with Crippen LogP contribution in [0.5, 0.6) is 0 Å². The highest BCUT2D eigenvalue weighted by molar-refractivity contribution is 5.98. The molecule has 2 rings (SSSR count). The van der Waals surface area contributed by atoms with E-state index in [1.165, 1.54) is 17.5 Å². The molecule has 0 unspecified atom stereocenters. The van der Waals surface area contributed by atoms with Gasteiger partial charge in [-0.3, -0.25) is 9.59 Å². The zero-order valence-electron chi connectivity index (χ0n) is 12.6. The standard InChI is InChI=1S/C17H23NO3/c1-21-11-3-10-18-17(20)9-8-16(19)15-7-6-13-4-2-5-14(13)12-15/h6-7,12H,2-5,8-11H2,1H3,(H,18,20). The minimum atomic E-state index is -0.0689. The van der Waals surface area contributed by atoms with Crippen molar-refractivity contribution in [3.63, 3.8) is 0 Å². The molecule has 1 aromatic carbocycles. The van der Waals surface area contributed by atoms with E-state index in [-0.39, 0.29) is 24.5 Å². The van der Waals surface area contributed by atoms with Crippen LogP contribution in [0.15, 0.2) is 18.2 Å². The third kappa shape index (κ3) is 4.67. The Hall–Kier alpha value is -1.68. The summed E-state index contributed by atoms with van der Waals surface area (Å²) in [5.74, 6) is -0.0163. The zero-order valence-corrected chi connectivity index (χ0v) is 12.6. The van der Waals surface area contributed by atoms with Crippen LogP contribution in [0.2, 0.25) is 0 Å². The van der Waals surface area contributed by atoms with E-state index in [1.54, 1.807) is 7.11 Å². The molecule has 0 bridgehead atoms. The lowest BCUT2D eigenvalue weighted by Crippen LogP contribution is -2.25. The molecule has 0 aliphatic heterocycles. The molecule has 0 spiro atoms. The second-order valence-electron chi connectivity index (χ2n) is 5.46. The highest BCUT2D eigenvalue weighted by Crippen LogP contribution is 2.23. The second kappa shape index (κ2) is 7.93. The number of rotatable bonds is 8. The van der Waals surface area contributed by atoms with Crippen molar-refractivity contribution in [1.82, 2.24) is 5.32 Å². The van der Waals surface area contributed by atoms with Gasteiger partial charge in [-0.1, -0.05) is 12.1 Å². The highest BCUT2D eigenvalue weighted by Gasteiger charge is 2.14. The number of fused-ring (bicyclic) bond motifs is 1. The van der Waals surface area contributed by atoms with Crippen LogP contribution >= 0.6 is 0 Å². The first-order chi connectivity index (χ1) is 10.2. The zero-order chi connectivity index (χ0) is 15.1. The van der Waals surface area contributed by atoms with Gasteiger partial charge in [0.25, 0.3) is 0 Å². The molecule has 1 N–H and O–H groups in total. The lowest BCUT2D eigenvalue weighted by molar-refractivity contribution is -0.121. The number of carbonyl (C=O) groups is 2. The highest BCUT2D eigenvalue weighted by atomic mass is 16.5. The molecule has 114 valence electrons. The number of benzene rings is 1. The van der Waals surface area contributed by atoms with Gasteiger partial charge in [0.05, 0.1) is 0 Å². The Kier molecular flexibility index (Phi) is 5.93. The summed E-state index contributed by atoms with van der Waals surface area (Å²) in [5.41, 5.74) is 3.40. The third-order valence-electron chi connectivity index (χ3n) is 3.85. The second-order valence-corrected chi connectivity index (χ2v) is 5.46. The smallest absolute Gasteiger partial charge is 0.220 e. The molecule has 0 radical (unpaired) electrons. The summed E-state index contributed by atoms with van der Waals surface area (Å²) in [6, 6.07) is 5.95. The molecule has 0 aromatic heterocycles. The number of methoxy groups -OCH3 is 1. The molecule has 0 saturated carbocycles. The first kappa shape index (κ1) is 15.7. The van der Waals surface area contributed by atoms with Crippen molar-refractivity contribution < 1.29 is 14.3 Å². The number of Topliss-reactive ketones (excluding diaryl/α,β-unsaturated/α-hetero) is 1. The Morgan fingerprint density at radius 3 is 2.81 bits per heavy atom. The van der Waals surface area contributed by atoms with Crippen LogP contribution in [0.1, 0.15) is 47.2 Å². The van der Waals surface area contributed by atoms with Crippen LogP contribution in [0.25, 0.3) is 0 Å². The molecule has 1 aliphatic rings. The minimum absolute atomic E-state index is 0.0525. The number of ether oxygens (including phenoxy) is 1. The molecule has 1 aliphatic carbocycles. The Balaban J connectivity index is 1.75. The maximum Gasteiger partial charge on any atom is 0.220 e. The van der Waals surface area contributed by atoms with E-state index >= 15 is 0 Å². The minimum Gasteiger partial charge on any atom is -0.385 e. The Morgan fingerprint density at radius 2 is 2.00 bits per heavy atom. The van der Waals surface area contributed by atoms with Gasteiger partial charge >= 0.3 is 0 Å². The van der Waals surface area contributed by atoms with Crippen LogP contribution in [0.3, 0.4) is 0 Å². The molecule has 0 fully saturated rings. The van der Waals surface area contributed by atoms with E-state index in [1.807, 2.05) is 12.1 Å². The fourth-order valence-corrected chi connectivity index (χ4v) is 2.65. The van der Waals surface area contributed by atoms with Crippen molar-refractivity contribution in [3.05, 3.63) is 34.9 Å². The van der Waals surface area contributed by atoms with Crippen molar-refractivity contribution in [2.75, 3.05) is 20.3 Å². The van der Waals surface area contributed by atoms with Crippen LogP contribution < -0.4 is 5.32 Å². The Morgan fingerprint density at radius 1 is 1.19 bits per heavy atom. The molecule has 0 heterocycles. The predicted octanol–water partition coefficient (Wildman–Crippen LogP) is 2.29. The number of hydrogen-bond donors (Lipinski definition) is 1. The fraction of sp³-hybridized carbons (Fsp3) is 0.529. The van der Waals surface area contributed by atoms with Gasteiger partial charge in [0.2, 0.25) is 5.91 Å². The summed E-state index contributed by atoms with van der Waals surface area (Å²) in [5, 5.41) is 2.79. The molecule has 0 atom stereocenters. The summed E-state index contributed by atoms with van der Waals surface area (Å²) in [6.07, 6.45) is 4.68. The average molecular weight is 289 g/mol. The van der Waals surface area contributed by atoms with E-state index in [9.17, 15) is 9.59 Å². The van der Waals surface area contributed by atoms with Crippen LogP contribution in [0, 0.1) is 0 Å². The third-order valence-corrected chi connectivity index (χ3v) is 3.85. The summed E-state index contributed by atoms with van der Waals surface area (Å²) in [6.45, 7) is 1.23. The van der Waals surface area contributed by atoms with Crippen LogP contribution in [0.4, 0.5) is 0 Å². The summed E-state index contributed by atoms with van der Waals surface area (Å²) < 4.78 is 4.91. The van der Waals surface area contributed by atoms with E-state index in [0.29, 0.717) is 13.2 Å². The van der Waals surface area contributed by atoms with Crippen molar-refractivity contribution >= 4 is 11.7 Å². The topological polar surface area (TPSA) is 55.4 Å². The SMILES string of the molecule is COCCCNC(=O)CCC(=O)c1ccc2c(c1)CCC2. The van der Waals surface area contributed by atoms with Gasteiger partial charge in [-0.05, 0) is 42.9 Å². The quantitative estimate of drug-likeness (QED) is 0.590. The van der Waals surface area contributed by atoms with E-state index in [2.05, 4.69) is 11.4 Å². The van der Waals surface area contributed by atoms with Gasteiger partial charge in [-0.15, -0.1) is 0 Å². The molecule has 4 heteroatoms.